The summed E-state index contributed by atoms with van der Waals surface area (Å²) in [5.41, 5.74) is 1.97. The van der Waals surface area contributed by atoms with Gasteiger partial charge in [-0.25, -0.2) is 0 Å². The highest BCUT2D eigenvalue weighted by molar-refractivity contribution is 6.04. The summed E-state index contributed by atoms with van der Waals surface area (Å²) in [5, 5.41) is 2.98. The minimum absolute atomic E-state index is 0.0189. The van der Waals surface area contributed by atoms with E-state index < -0.39 is 0 Å². The lowest BCUT2D eigenvalue weighted by atomic mass is 10.00. The number of ether oxygens (including phenoxy) is 1. The molecule has 1 fully saturated rings. The summed E-state index contributed by atoms with van der Waals surface area (Å²) in [6.45, 7) is 3.08. The summed E-state index contributed by atoms with van der Waals surface area (Å²) >= 11 is 0. The van der Waals surface area contributed by atoms with E-state index in [-0.39, 0.29) is 11.9 Å². The van der Waals surface area contributed by atoms with Crippen molar-refractivity contribution in [3.05, 3.63) is 18.2 Å². The Morgan fingerprint density at radius 1 is 1.47 bits per heavy atom. The van der Waals surface area contributed by atoms with E-state index in [0.717, 1.165) is 30.1 Å². The molecule has 0 radical (unpaired) electrons. The van der Waals surface area contributed by atoms with E-state index in [2.05, 4.69) is 17.1 Å². The first-order chi connectivity index (χ1) is 8.20. The van der Waals surface area contributed by atoms with E-state index >= 15 is 0 Å². The Labute approximate surface area is 101 Å². The van der Waals surface area contributed by atoms with Crippen LogP contribution in [-0.2, 0) is 4.79 Å². The van der Waals surface area contributed by atoms with Crippen molar-refractivity contribution < 1.29 is 9.53 Å². The molecule has 2 heterocycles. The second kappa shape index (κ2) is 3.65. The maximum absolute atomic E-state index is 12.0. The summed E-state index contributed by atoms with van der Waals surface area (Å²) in [7, 11) is 1.66. The smallest absolute Gasteiger partial charge is 0.247 e. The second-order valence-electron chi connectivity index (χ2n) is 4.78. The fourth-order valence-electron chi connectivity index (χ4n) is 2.81. The third-order valence-electron chi connectivity index (χ3n) is 3.74. The van der Waals surface area contributed by atoms with Gasteiger partial charge in [-0.1, -0.05) is 6.92 Å². The zero-order chi connectivity index (χ0) is 12.0. The van der Waals surface area contributed by atoms with Crippen LogP contribution in [0.3, 0.4) is 0 Å². The molecule has 1 aromatic carbocycles. The van der Waals surface area contributed by atoms with Crippen molar-refractivity contribution in [2.75, 3.05) is 23.9 Å². The molecule has 1 amide bonds. The number of benzene rings is 1. The van der Waals surface area contributed by atoms with Gasteiger partial charge in [0.15, 0.2) is 0 Å². The number of carbonyl (C=O) groups is 1. The molecule has 2 aliphatic heterocycles. The summed E-state index contributed by atoms with van der Waals surface area (Å²) < 4.78 is 5.24. The van der Waals surface area contributed by atoms with Crippen LogP contribution in [0, 0.1) is 5.92 Å². The van der Waals surface area contributed by atoms with E-state index in [4.69, 9.17) is 4.74 Å². The predicted octanol–water partition coefficient (Wildman–Crippen LogP) is 1.86. The van der Waals surface area contributed by atoms with Crippen LogP contribution in [-0.4, -0.2) is 25.6 Å². The zero-order valence-electron chi connectivity index (χ0n) is 10.1. The Morgan fingerprint density at radius 3 is 3.06 bits per heavy atom. The average molecular weight is 232 g/mol. The lowest BCUT2D eigenvalue weighted by Gasteiger charge is -2.34. The van der Waals surface area contributed by atoms with E-state index in [0.29, 0.717) is 5.92 Å². The Bertz CT molecular complexity index is 472. The quantitative estimate of drug-likeness (QED) is 0.803. The van der Waals surface area contributed by atoms with Crippen molar-refractivity contribution >= 4 is 17.3 Å². The van der Waals surface area contributed by atoms with Gasteiger partial charge in [0.1, 0.15) is 11.8 Å². The van der Waals surface area contributed by atoms with Crippen LogP contribution >= 0.6 is 0 Å². The molecule has 0 saturated carbocycles. The Hall–Kier alpha value is -1.71. The first-order valence-electron chi connectivity index (χ1n) is 5.96. The van der Waals surface area contributed by atoms with Gasteiger partial charge in [0.05, 0.1) is 18.5 Å². The number of methoxy groups -OCH3 is 1. The topological polar surface area (TPSA) is 41.6 Å². The zero-order valence-corrected chi connectivity index (χ0v) is 10.1. The molecule has 2 unspecified atom stereocenters. The van der Waals surface area contributed by atoms with Crippen LogP contribution < -0.4 is 15.0 Å². The van der Waals surface area contributed by atoms with Crippen molar-refractivity contribution in [1.82, 2.24) is 0 Å². The van der Waals surface area contributed by atoms with Gasteiger partial charge in [-0.3, -0.25) is 4.79 Å². The first-order valence-corrected chi connectivity index (χ1v) is 5.96. The van der Waals surface area contributed by atoms with E-state index in [1.807, 2.05) is 18.2 Å². The van der Waals surface area contributed by atoms with Crippen LogP contribution in [0.2, 0.25) is 0 Å². The number of fused-ring (bicyclic) bond motifs is 3. The molecule has 0 aromatic heterocycles. The lowest BCUT2D eigenvalue weighted by molar-refractivity contribution is -0.118. The molecular weight excluding hydrogens is 216 g/mol. The van der Waals surface area contributed by atoms with Crippen molar-refractivity contribution in [3.8, 4) is 5.75 Å². The molecule has 17 heavy (non-hydrogen) atoms. The molecule has 1 aromatic rings. The first kappa shape index (κ1) is 10.4. The largest absolute Gasteiger partial charge is 0.497 e. The van der Waals surface area contributed by atoms with Gasteiger partial charge < -0.3 is 15.0 Å². The van der Waals surface area contributed by atoms with Crippen molar-refractivity contribution in [1.29, 1.82) is 0 Å². The molecule has 4 nitrogen and oxygen atoms in total. The molecule has 1 saturated heterocycles. The fourth-order valence-corrected chi connectivity index (χ4v) is 2.81. The minimum Gasteiger partial charge on any atom is -0.497 e. The molecule has 0 bridgehead atoms. The van der Waals surface area contributed by atoms with Gasteiger partial charge in [0.25, 0.3) is 0 Å². The lowest BCUT2D eigenvalue weighted by Crippen LogP contribution is -2.46. The Balaban J connectivity index is 2.07. The number of amides is 1. The van der Waals surface area contributed by atoms with Crippen LogP contribution in [0.5, 0.6) is 5.75 Å². The van der Waals surface area contributed by atoms with Crippen LogP contribution in [0.1, 0.15) is 13.3 Å². The molecule has 1 N–H and O–H groups in total. The van der Waals surface area contributed by atoms with Crippen LogP contribution in [0.4, 0.5) is 11.4 Å². The number of anilines is 2. The predicted molar refractivity (Wildman–Crippen MR) is 66.5 cm³/mol. The monoisotopic (exact) mass is 232 g/mol. The Kier molecular flexibility index (Phi) is 2.24. The average Bonchev–Trinajstić information content (AvgIpc) is 2.72. The van der Waals surface area contributed by atoms with Gasteiger partial charge in [0, 0.05) is 12.6 Å². The highest BCUT2D eigenvalue weighted by Crippen LogP contribution is 2.40. The second-order valence-corrected chi connectivity index (χ2v) is 4.78. The molecule has 4 heteroatoms. The number of rotatable bonds is 1. The number of nitrogens with zero attached hydrogens (tertiary/aromatic N) is 1. The summed E-state index contributed by atoms with van der Waals surface area (Å²) in [5.74, 6) is 1.36. The van der Waals surface area contributed by atoms with Crippen molar-refractivity contribution in [2.24, 2.45) is 5.92 Å². The summed E-state index contributed by atoms with van der Waals surface area (Å²) in [6.07, 6.45) is 1.06. The van der Waals surface area contributed by atoms with E-state index in [1.54, 1.807) is 7.11 Å². The number of hydrogen-bond acceptors (Lipinski definition) is 3. The van der Waals surface area contributed by atoms with Gasteiger partial charge in [-0.2, -0.15) is 0 Å². The standard InChI is InChI=1S/C13H16N2O2/c1-8-5-6-15-11-7-9(17-2)3-4-10(11)14-13(16)12(8)15/h3-4,7-8,12H,5-6H2,1-2H3,(H,14,16). The van der Waals surface area contributed by atoms with Crippen molar-refractivity contribution in [2.45, 2.75) is 19.4 Å². The third-order valence-corrected chi connectivity index (χ3v) is 3.74. The molecule has 0 spiro atoms. The summed E-state index contributed by atoms with van der Waals surface area (Å²) in [6, 6.07) is 5.76. The van der Waals surface area contributed by atoms with Gasteiger partial charge >= 0.3 is 0 Å². The number of carbonyl (C=O) groups excluding carboxylic acids is 1. The minimum atomic E-state index is -0.0189. The number of nitrogens with one attached hydrogen (secondary N) is 1. The number of hydrogen-bond donors (Lipinski definition) is 1. The van der Waals surface area contributed by atoms with Crippen molar-refractivity contribution in [3.63, 3.8) is 0 Å². The highest BCUT2D eigenvalue weighted by atomic mass is 16.5. The maximum Gasteiger partial charge on any atom is 0.247 e. The van der Waals surface area contributed by atoms with E-state index in [9.17, 15) is 4.79 Å². The molecular formula is C13H16N2O2. The molecule has 90 valence electrons. The third kappa shape index (κ3) is 1.47. The highest BCUT2D eigenvalue weighted by Gasteiger charge is 2.41. The van der Waals surface area contributed by atoms with Gasteiger partial charge in [-0.15, -0.1) is 0 Å². The SMILES string of the molecule is COc1ccc2c(c1)N1CCC(C)C1C(=O)N2. The summed E-state index contributed by atoms with van der Waals surface area (Å²) in [4.78, 5) is 14.2. The van der Waals surface area contributed by atoms with Crippen LogP contribution in [0.25, 0.3) is 0 Å². The molecule has 2 aliphatic rings. The van der Waals surface area contributed by atoms with Gasteiger partial charge in [-0.05, 0) is 24.5 Å². The molecule has 3 rings (SSSR count). The Morgan fingerprint density at radius 2 is 2.29 bits per heavy atom. The van der Waals surface area contributed by atoms with Gasteiger partial charge in [0.2, 0.25) is 5.91 Å². The molecule has 2 atom stereocenters. The normalized spacial score (nSPS) is 26.2. The fraction of sp³-hybridized carbons (Fsp3) is 0.462. The van der Waals surface area contributed by atoms with E-state index in [1.165, 1.54) is 0 Å². The molecule has 0 aliphatic carbocycles. The maximum atomic E-state index is 12.0. The van der Waals surface area contributed by atoms with Crippen LogP contribution in [0.15, 0.2) is 18.2 Å².